The van der Waals surface area contributed by atoms with E-state index in [4.69, 9.17) is 9.47 Å². The molecule has 2 aromatic heterocycles. The molecule has 120 valence electrons. The molecule has 3 rings (SSSR count). The Balaban J connectivity index is 1.64. The fourth-order valence-electron chi connectivity index (χ4n) is 2.74. The first kappa shape index (κ1) is 15.0. The monoisotopic (exact) mass is 306 g/mol. The zero-order valence-corrected chi connectivity index (χ0v) is 13.3. The van der Waals surface area contributed by atoms with Crippen molar-refractivity contribution in [1.82, 2.24) is 30.0 Å². The number of aromatic nitrogens is 6. The maximum Gasteiger partial charge on any atom is 0.189 e. The lowest BCUT2D eigenvalue weighted by Gasteiger charge is -2.21. The summed E-state index contributed by atoms with van der Waals surface area (Å²) < 4.78 is 14.9. The van der Waals surface area contributed by atoms with Gasteiger partial charge in [0.2, 0.25) is 0 Å². The molecule has 1 saturated heterocycles. The largest absolute Gasteiger partial charge is 0.482 e. The van der Waals surface area contributed by atoms with Crippen LogP contribution in [0.5, 0.6) is 5.75 Å². The minimum absolute atomic E-state index is 0.351. The predicted molar refractivity (Wildman–Crippen MR) is 78.4 cm³/mol. The Morgan fingerprint density at radius 3 is 2.73 bits per heavy atom. The lowest BCUT2D eigenvalue weighted by molar-refractivity contribution is 0.0593. The topological polar surface area (TPSA) is 79.9 Å². The van der Waals surface area contributed by atoms with Crippen LogP contribution in [0.25, 0.3) is 0 Å². The third-order valence-corrected chi connectivity index (χ3v) is 4.17. The summed E-state index contributed by atoms with van der Waals surface area (Å²) in [6.07, 6.45) is 2.11. The molecule has 0 bridgehead atoms. The van der Waals surface area contributed by atoms with E-state index in [9.17, 15) is 0 Å². The quantitative estimate of drug-likeness (QED) is 0.821. The summed E-state index contributed by atoms with van der Waals surface area (Å²) in [7, 11) is 1.91. The molecule has 8 nitrogen and oxygen atoms in total. The van der Waals surface area contributed by atoms with Gasteiger partial charge < -0.3 is 9.47 Å². The van der Waals surface area contributed by atoms with Crippen molar-refractivity contribution in [3.8, 4) is 5.75 Å². The minimum atomic E-state index is 0.351. The summed E-state index contributed by atoms with van der Waals surface area (Å²) >= 11 is 0. The second-order valence-electron chi connectivity index (χ2n) is 5.75. The third-order valence-electron chi connectivity index (χ3n) is 4.17. The molecule has 0 radical (unpaired) electrons. The molecule has 1 aliphatic heterocycles. The molecule has 2 aromatic rings. The van der Waals surface area contributed by atoms with Crippen LogP contribution in [0.2, 0.25) is 0 Å². The molecule has 1 fully saturated rings. The van der Waals surface area contributed by atoms with Gasteiger partial charge in [0, 0.05) is 26.8 Å². The number of tetrazole rings is 1. The first-order chi connectivity index (χ1) is 10.6. The Labute approximate surface area is 129 Å². The summed E-state index contributed by atoms with van der Waals surface area (Å²) in [6, 6.07) is 0. The highest BCUT2D eigenvalue weighted by atomic mass is 16.5. The lowest BCUT2D eigenvalue weighted by Crippen LogP contribution is -2.22. The lowest BCUT2D eigenvalue weighted by atomic mass is 10.0. The molecule has 0 spiro atoms. The number of hydrogen-bond acceptors (Lipinski definition) is 6. The van der Waals surface area contributed by atoms with Crippen LogP contribution in [0.4, 0.5) is 0 Å². The molecular weight excluding hydrogens is 284 g/mol. The van der Waals surface area contributed by atoms with Gasteiger partial charge in [-0.2, -0.15) is 5.10 Å². The van der Waals surface area contributed by atoms with E-state index < -0.39 is 0 Å². The van der Waals surface area contributed by atoms with Crippen LogP contribution in [-0.4, -0.2) is 43.2 Å². The third kappa shape index (κ3) is 3.11. The van der Waals surface area contributed by atoms with Crippen molar-refractivity contribution in [1.29, 1.82) is 0 Å². The normalized spacial score (nSPS) is 16.1. The average molecular weight is 306 g/mol. The molecule has 8 heteroatoms. The number of nitrogens with zero attached hydrogens (tertiary/aromatic N) is 6. The minimum Gasteiger partial charge on any atom is -0.482 e. The van der Waals surface area contributed by atoms with Crippen LogP contribution in [0, 0.1) is 19.8 Å². The zero-order chi connectivity index (χ0) is 15.5. The summed E-state index contributed by atoms with van der Waals surface area (Å²) in [5.41, 5.74) is 1.88. The molecule has 0 aromatic carbocycles. The van der Waals surface area contributed by atoms with Crippen molar-refractivity contribution in [2.45, 2.75) is 39.8 Å². The zero-order valence-electron chi connectivity index (χ0n) is 13.3. The summed E-state index contributed by atoms with van der Waals surface area (Å²) in [6.45, 7) is 6.75. The standard InChI is InChI=1S/C14H22N6O2/c1-10-14(11(2)19(3)16-10)22-9-13-15-17-18-20(13)8-12-4-6-21-7-5-12/h12H,4-9H2,1-3H3. The number of hydrogen-bond donors (Lipinski definition) is 0. The van der Waals surface area contributed by atoms with Crippen LogP contribution in [-0.2, 0) is 24.9 Å². The van der Waals surface area contributed by atoms with Crippen molar-refractivity contribution in [3.63, 3.8) is 0 Å². The van der Waals surface area contributed by atoms with Gasteiger partial charge in [0.15, 0.2) is 11.6 Å². The Bertz CT molecular complexity index is 629. The molecular formula is C14H22N6O2. The molecule has 0 aliphatic carbocycles. The molecule has 3 heterocycles. The first-order valence-electron chi connectivity index (χ1n) is 7.61. The van der Waals surface area contributed by atoms with Crippen molar-refractivity contribution >= 4 is 0 Å². The van der Waals surface area contributed by atoms with Gasteiger partial charge in [-0.25, -0.2) is 4.68 Å². The summed E-state index contributed by atoms with van der Waals surface area (Å²) in [5.74, 6) is 2.12. The van der Waals surface area contributed by atoms with Gasteiger partial charge in [-0.15, -0.1) is 5.10 Å². The van der Waals surface area contributed by atoms with Crippen LogP contribution < -0.4 is 4.74 Å². The maximum atomic E-state index is 5.89. The van der Waals surface area contributed by atoms with E-state index >= 15 is 0 Å². The number of rotatable bonds is 5. The molecule has 1 aliphatic rings. The van der Waals surface area contributed by atoms with Crippen LogP contribution in [0.3, 0.4) is 0 Å². The van der Waals surface area contributed by atoms with Gasteiger partial charge >= 0.3 is 0 Å². The van der Waals surface area contributed by atoms with E-state index in [1.165, 1.54) is 0 Å². The molecule has 0 N–H and O–H groups in total. The van der Waals surface area contributed by atoms with Gasteiger partial charge in [0.05, 0.1) is 5.69 Å². The molecule has 0 amide bonds. The van der Waals surface area contributed by atoms with E-state index in [2.05, 4.69) is 20.6 Å². The number of ether oxygens (including phenoxy) is 2. The predicted octanol–water partition coefficient (Wildman–Crippen LogP) is 1.03. The van der Waals surface area contributed by atoms with E-state index in [0.29, 0.717) is 12.5 Å². The second-order valence-corrected chi connectivity index (χ2v) is 5.75. The Morgan fingerprint density at radius 2 is 2.05 bits per heavy atom. The maximum absolute atomic E-state index is 5.89. The van der Waals surface area contributed by atoms with Gasteiger partial charge in [0.1, 0.15) is 12.3 Å². The first-order valence-corrected chi connectivity index (χ1v) is 7.61. The fraction of sp³-hybridized carbons (Fsp3) is 0.714. The van der Waals surface area contributed by atoms with Crippen molar-refractivity contribution in [2.75, 3.05) is 13.2 Å². The average Bonchev–Trinajstić information content (AvgIpc) is 3.04. The smallest absolute Gasteiger partial charge is 0.189 e. The van der Waals surface area contributed by atoms with Crippen LogP contribution in [0.1, 0.15) is 30.1 Å². The summed E-state index contributed by atoms with van der Waals surface area (Å²) in [5, 5.41) is 16.3. The van der Waals surface area contributed by atoms with E-state index in [-0.39, 0.29) is 0 Å². The SMILES string of the molecule is Cc1nn(C)c(C)c1OCc1nnnn1CC1CCOCC1. The van der Waals surface area contributed by atoms with Gasteiger partial charge in [-0.1, -0.05) is 0 Å². The molecule has 22 heavy (non-hydrogen) atoms. The highest BCUT2D eigenvalue weighted by molar-refractivity contribution is 5.31. The molecule has 0 saturated carbocycles. The molecule has 0 unspecified atom stereocenters. The fourth-order valence-corrected chi connectivity index (χ4v) is 2.74. The Morgan fingerprint density at radius 1 is 1.27 bits per heavy atom. The Hall–Kier alpha value is -1.96. The Kier molecular flexibility index (Phi) is 4.37. The van der Waals surface area contributed by atoms with Crippen molar-refractivity contribution in [2.24, 2.45) is 13.0 Å². The van der Waals surface area contributed by atoms with Gasteiger partial charge in [-0.05, 0) is 43.0 Å². The van der Waals surface area contributed by atoms with Crippen molar-refractivity contribution < 1.29 is 9.47 Å². The van der Waals surface area contributed by atoms with E-state index in [1.807, 2.05) is 30.3 Å². The van der Waals surface area contributed by atoms with E-state index in [1.54, 1.807) is 0 Å². The van der Waals surface area contributed by atoms with Gasteiger partial charge in [-0.3, -0.25) is 4.68 Å². The highest BCUT2D eigenvalue weighted by Gasteiger charge is 2.18. The van der Waals surface area contributed by atoms with Gasteiger partial charge in [0.25, 0.3) is 0 Å². The second kappa shape index (κ2) is 6.43. The summed E-state index contributed by atoms with van der Waals surface area (Å²) in [4.78, 5) is 0. The van der Waals surface area contributed by atoms with E-state index in [0.717, 1.165) is 55.6 Å². The van der Waals surface area contributed by atoms with Crippen molar-refractivity contribution in [3.05, 3.63) is 17.2 Å². The molecule has 0 atom stereocenters. The number of aryl methyl sites for hydroxylation is 2. The highest BCUT2D eigenvalue weighted by Crippen LogP contribution is 2.22. The van der Waals surface area contributed by atoms with Crippen LogP contribution in [0.15, 0.2) is 0 Å². The van der Waals surface area contributed by atoms with Crippen LogP contribution >= 0.6 is 0 Å².